The molecule has 0 heterocycles. The van der Waals surface area contributed by atoms with Crippen molar-refractivity contribution in [2.45, 2.75) is 104 Å². The number of amides is 3. The van der Waals surface area contributed by atoms with E-state index >= 15 is 0 Å². The number of phenolic OH excluding ortho intramolecular Hbond substituents is 1. The normalized spacial score (nSPS) is 13.0. The summed E-state index contributed by atoms with van der Waals surface area (Å²) in [5, 5.41) is 16.1. The summed E-state index contributed by atoms with van der Waals surface area (Å²) in [6, 6.07) is 5.47. The summed E-state index contributed by atoms with van der Waals surface area (Å²) in [6.07, 6.45) is 5.86. The van der Waals surface area contributed by atoms with Crippen LogP contribution in [0.2, 0.25) is 0 Å². The Morgan fingerprint density at radius 1 is 1.03 bits per heavy atom. The Hall–Kier alpha value is -2.77. The summed E-state index contributed by atoms with van der Waals surface area (Å²) in [5.74, 6) is -0.829. The zero-order valence-corrected chi connectivity index (χ0v) is 22.4. The van der Waals surface area contributed by atoms with Crippen LogP contribution in [-0.4, -0.2) is 52.6 Å². The van der Waals surface area contributed by atoms with Gasteiger partial charge >= 0.3 is 6.09 Å². The van der Waals surface area contributed by atoms with Crippen molar-refractivity contribution in [3.63, 3.8) is 0 Å². The number of phenols is 1. The molecule has 0 aliphatic heterocycles. The monoisotopic (exact) mass is 491 g/mol. The smallest absolute Gasteiger partial charge is 0.408 e. The molecule has 0 aliphatic rings. The van der Waals surface area contributed by atoms with Crippen LogP contribution >= 0.6 is 0 Å². The van der Waals surface area contributed by atoms with Gasteiger partial charge in [-0.1, -0.05) is 64.2 Å². The number of carbonyl (C=O) groups is 3. The Kier molecular flexibility index (Phi) is 13.2. The van der Waals surface area contributed by atoms with Gasteiger partial charge in [-0.05, 0) is 46.6 Å². The topological polar surface area (TPSA) is 108 Å². The minimum absolute atomic E-state index is 0.0559. The number of nitrogens with zero attached hydrogens (tertiary/aromatic N) is 1. The second-order valence-corrected chi connectivity index (χ2v) is 10.0. The Morgan fingerprint density at radius 3 is 2.29 bits per heavy atom. The van der Waals surface area contributed by atoms with E-state index in [1.54, 1.807) is 39.0 Å². The number of hydrogen-bond acceptors (Lipinski definition) is 5. The lowest BCUT2D eigenvalue weighted by molar-refractivity contribution is -0.140. The highest BCUT2D eigenvalue weighted by Crippen LogP contribution is 2.30. The lowest BCUT2D eigenvalue weighted by Crippen LogP contribution is -2.49. The van der Waals surface area contributed by atoms with Crippen LogP contribution in [0.4, 0.5) is 4.79 Å². The number of benzene rings is 1. The van der Waals surface area contributed by atoms with Gasteiger partial charge in [0.2, 0.25) is 11.8 Å². The van der Waals surface area contributed by atoms with Crippen molar-refractivity contribution in [1.29, 1.82) is 0 Å². The van der Waals surface area contributed by atoms with E-state index in [4.69, 9.17) is 4.74 Å². The number of aromatic hydroxyl groups is 1. The number of carbonyl (C=O) groups excluding carboxylic acids is 3. The van der Waals surface area contributed by atoms with E-state index in [1.165, 1.54) is 11.0 Å². The van der Waals surface area contributed by atoms with Crippen molar-refractivity contribution in [2.24, 2.45) is 0 Å². The third-order valence-electron chi connectivity index (χ3n) is 5.51. The number of unbranched alkanes of at least 4 members (excludes halogenated alkanes) is 4. The molecule has 0 spiro atoms. The molecule has 198 valence electrons. The Balaban J connectivity index is 3.20. The van der Waals surface area contributed by atoms with Crippen molar-refractivity contribution in [2.75, 3.05) is 13.1 Å². The number of ether oxygens (including phenoxy) is 1. The van der Waals surface area contributed by atoms with E-state index in [1.807, 2.05) is 13.8 Å². The molecule has 0 saturated heterocycles. The first-order valence-electron chi connectivity index (χ1n) is 12.8. The molecule has 0 fully saturated rings. The van der Waals surface area contributed by atoms with Crippen LogP contribution in [-0.2, 0) is 14.3 Å². The summed E-state index contributed by atoms with van der Waals surface area (Å²) < 4.78 is 5.24. The predicted molar refractivity (Wildman–Crippen MR) is 138 cm³/mol. The van der Waals surface area contributed by atoms with E-state index in [9.17, 15) is 19.5 Å². The molecule has 2 atom stereocenters. The molecule has 8 heteroatoms. The third kappa shape index (κ3) is 11.5. The van der Waals surface area contributed by atoms with Gasteiger partial charge in [-0.25, -0.2) is 4.79 Å². The first kappa shape index (κ1) is 30.3. The molecule has 0 aliphatic carbocycles. The van der Waals surface area contributed by atoms with Crippen molar-refractivity contribution < 1.29 is 24.2 Å². The number of nitrogens with one attached hydrogen (secondary N) is 2. The zero-order valence-electron chi connectivity index (χ0n) is 22.4. The van der Waals surface area contributed by atoms with Crippen molar-refractivity contribution in [3.8, 4) is 5.75 Å². The molecule has 0 aromatic heterocycles. The Labute approximate surface area is 210 Å². The number of hydrogen-bond donors (Lipinski definition) is 3. The van der Waals surface area contributed by atoms with Crippen LogP contribution in [0.25, 0.3) is 0 Å². The number of para-hydroxylation sites is 1. The van der Waals surface area contributed by atoms with Gasteiger partial charge in [-0.15, -0.1) is 0 Å². The van der Waals surface area contributed by atoms with Crippen LogP contribution in [0.1, 0.15) is 98.1 Å². The van der Waals surface area contributed by atoms with Crippen LogP contribution in [0, 0.1) is 0 Å². The summed E-state index contributed by atoms with van der Waals surface area (Å²) in [7, 11) is 0. The summed E-state index contributed by atoms with van der Waals surface area (Å²) in [5.41, 5.74) is -0.340. The molecule has 8 nitrogen and oxygen atoms in total. The predicted octanol–water partition coefficient (Wildman–Crippen LogP) is 5.06. The van der Waals surface area contributed by atoms with E-state index in [2.05, 4.69) is 17.6 Å². The van der Waals surface area contributed by atoms with Gasteiger partial charge in [-0.2, -0.15) is 0 Å². The van der Waals surface area contributed by atoms with Crippen LogP contribution < -0.4 is 10.6 Å². The number of alkyl carbamates (subject to hydrolysis) is 1. The standard InChI is InChI=1S/C27H45N3O5/c1-7-9-10-11-14-18-30(23(32)19-28-26(34)35-27(4,5)6)24(21-16-12-13-17-22(21)31)25(33)29-20(3)15-8-2/h12-13,16-17,20,24,31H,7-11,14-15,18-19H2,1-6H3,(H,28,34)(H,29,33). The highest BCUT2D eigenvalue weighted by molar-refractivity contribution is 5.91. The molecule has 3 N–H and O–H groups in total. The molecule has 35 heavy (non-hydrogen) atoms. The second-order valence-electron chi connectivity index (χ2n) is 10.0. The highest BCUT2D eigenvalue weighted by Gasteiger charge is 2.33. The molecular formula is C27H45N3O5. The van der Waals surface area contributed by atoms with Gasteiger partial charge in [0, 0.05) is 18.2 Å². The third-order valence-corrected chi connectivity index (χ3v) is 5.51. The highest BCUT2D eigenvalue weighted by atomic mass is 16.6. The zero-order chi connectivity index (χ0) is 26.4. The fourth-order valence-corrected chi connectivity index (χ4v) is 3.84. The molecule has 1 aromatic carbocycles. The van der Waals surface area contributed by atoms with Crippen LogP contribution in [0.15, 0.2) is 24.3 Å². The van der Waals surface area contributed by atoms with Gasteiger partial charge in [0.15, 0.2) is 0 Å². The van der Waals surface area contributed by atoms with E-state index in [0.29, 0.717) is 18.5 Å². The summed E-state index contributed by atoms with van der Waals surface area (Å²) in [6.45, 7) is 11.3. The molecule has 1 aromatic rings. The minimum atomic E-state index is -1.02. The Morgan fingerprint density at radius 2 is 1.69 bits per heavy atom. The molecule has 3 amide bonds. The molecule has 0 radical (unpaired) electrons. The minimum Gasteiger partial charge on any atom is -0.508 e. The SMILES string of the molecule is CCCCCCCN(C(=O)CNC(=O)OC(C)(C)C)C(C(=O)NC(C)CCC)c1ccccc1O. The first-order chi connectivity index (χ1) is 16.5. The lowest BCUT2D eigenvalue weighted by Gasteiger charge is -2.33. The molecule has 2 unspecified atom stereocenters. The van der Waals surface area contributed by atoms with E-state index in [-0.39, 0.29) is 24.2 Å². The fraction of sp³-hybridized carbons (Fsp3) is 0.667. The van der Waals surface area contributed by atoms with Gasteiger partial charge in [-0.3, -0.25) is 9.59 Å². The van der Waals surface area contributed by atoms with Crippen molar-refractivity contribution in [3.05, 3.63) is 29.8 Å². The average Bonchev–Trinajstić information content (AvgIpc) is 2.76. The maximum Gasteiger partial charge on any atom is 0.408 e. The summed E-state index contributed by atoms with van der Waals surface area (Å²) >= 11 is 0. The number of rotatable bonds is 14. The van der Waals surface area contributed by atoms with Gasteiger partial charge in [0.05, 0.1) is 0 Å². The lowest BCUT2D eigenvalue weighted by atomic mass is 10.0. The van der Waals surface area contributed by atoms with Crippen LogP contribution in [0.3, 0.4) is 0 Å². The molecule has 1 rings (SSSR count). The maximum absolute atomic E-state index is 13.5. The van der Waals surface area contributed by atoms with Crippen molar-refractivity contribution in [1.82, 2.24) is 15.5 Å². The molecule has 0 bridgehead atoms. The molecule has 0 saturated carbocycles. The maximum atomic E-state index is 13.5. The van der Waals surface area contributed by atoms with Gasteiger partial charge < -0.3 is 25.4 Å². The summed E-state index contributed by atoms with van der Waals surface area (Å²) in [4.78, 5) is 40.4. The molecular weight excluding hydrogens is 446 g/mol. The van der Waals surface area contributed by atoms with Crippen LogP contribution in [0.5, 0.6) is 5.75 Å². The van der Waals surface area contributed by atoms with E-state index in [0.717, 1.165) is 38.5 Å². The van der Waals surface area contributed by atoms with E-state index < -0.39 is 23.6 Å². The largest absolute Gasteiger partial charge is 0.508 e. The fourth-order valence-electron chi connectivity index (χ4n) is 3.84. The van der Waals surface area contributed by atoms with Crippen molar-refractivity contribution >= 4 is 17.9 Å². The quantitative estimate of drug-likeness (QED) is 0.315. The second kappa shape index (κ2) is 15.3. The Bertz CT molecular complexity index is 806. The first-order valence-corrected chi connectivity index (χ1v) is 12.8. The van der Waals surface area contributed by atoms with Gasteiger partial charge in [0.25, 0.3) is 0 Å². The average molecular weight is 492 g/mol. The van der Waals surface area contributed by atoms with Gasteiger partial charge in [0.1, 0.15) is 23.9 Å².